The molecule has 1 aliphatic rings. The molecule has 1 saturated heterocycles. The van der Waals surface area contributed by atoms with E-state index in [0.29, 0.717) is 5.69 Å². The normalized spacial score (nSPS) is 16.2. The third-order valence-electron chi connectivity index (χ3n) is 4.32. The Morgan fingerprint density at radius 1 is 1.14 bits per heavy atom. The van der Waals surface area contributed by atoms with Gasteiger partial charge in [0.05, 0.1) is 11.0 Å². The van der Waals surface area contributed by atoms with Gasteiger partial charge in [0.15, 0.2) is 0 Å². The summed E-state index contributed by atoms with van der Waals surface area (Å²) in [5, 5.41) is 2.22. The van der Waals surface area contributed by atoms with Gasteiger partial charge < -0.3 is 10.1 Å². The molecule has 150 valence electrons. The fourth-order valence-electron chi connectivity index (χ4n) is 2.61. The minimum absolute atomic E-state index is 0.124. The molecule has 6 nitrogen and oxygen atoms in total. The minimum Gasteiger partial charge on any atom is -0.491 e. The van der Waals surface area contributed by atoms with Crippen molar-refractivity contribution >= 4 is 40.6 Å². The maximum Gasteiger partial charge on any atom is 0.294 e. The Morgan fingerprint density at radius 3 is 2.48 bits per heavy atom. The molecule has 0 spiro atoms. The van der Waals surface area contributed by atoms with Crippen molar-refractivity contribution in [3.63, 3.8) is 0 Å². The Labute approximate surface area is 173 Å². The first-order valence-corrected chi connectivity index (χ1v) is 10.1. The van der Waals surface area contributed by atoms with E-state index in [0.717, 1.165) is 34.4 Å². The van der Waals surface area contributed by atoms with Gasteiger partial charge in [0.1, 0.15) is 12.3 Å². The summed E-state index contributed by atoms with van der Waals surface area (Å²) in [6.45, 7) is 3.73. The van der Waals surface area contributed by atoms with Crippen LogP contribution in [0.2, 0.25) is 0 Å². The molecule has 1 fully saturated rings. The zero-order valence-corrected chi connectivity index (χ0v) is 17.1. The number of thioether (sulfide) groups is 1. The molecule has 7 heteroatoms. The van der Waals surface area contributed by atoms with Crippen molar-refractivity contribution in [2.45, 2.75) is 26.4 Å². The SMILES string of the molecule is CC[C@H](C)Oc1ccc(/C=C2/SC(=O)N(CC(=O)Nc3ccccc3)C2=O)cc1. The summed E-state index contributed by atoms with van der Waals surface area (Å²) in [7, 11) is 0. The molecule has 3 amide bonds. The summed E-state index contributed by atoms with van der Waals surface area (Å²) in [6.07, 6.45) is 2.68. The quantitative estimate of drug-likeness (QED) is 0.678. The number of carbonyl (C=O) groups excluding carboxylic acids is 3. The highest BCUT2D eigenvalue weighted by molar-refractivity contribution is 8.18. The molecular formula is C22H22N2O4S. The number of ether oxygens (including phenoxy) is 1. The van der Waals surface area contributed by atoms with Gasteiger partial charge in [-0.25, -0.2) is 0 Å². The third kappa shape index (κ3) is 5.48. The maximum absolute atomic E-state index is 12.6. The second-order valence-electron chi connectivity index (χ2n) is 6.59. The molecule has 2 aromatic rings. The average Bonchev–Trinajstić information content (AvgIpc) is 2.97. The van der Waals surface area contributed by atoms with Crippen LogP contribution >= 0.6 is 11.8 Å². The highest BCUT2D eigenvalue weighted by Gasteiger charge is 2.36. The van der Waals surface area contributed by atoms with Gasteiger partial charge in [-0.2, -0.15) is 0 Å². The molecule has 0 aromatic heterocycles. The van der Waals surface area contributed by atoms with Gasteiger partial charge in [-0.3, -0.25) is 19.3 Å². The van der Waals surface area contributed by atoms with Crippen molar-refractivity contribution in [2.24, 2.45) is 0 Å². The molecule has 0 aliphatic carbocycles. The summed E-state index contributed by atoms with van der Waals surface area (Å²) in [6, 6.07) is 16.2. The monoisotopic (exact) mass is 410 g/mol. The first-order valence-electron chi connectivity index (χ1n) is 9.33. The number of hydrogen-bond donors (Lipinski definition) is 1. The molecular weight excluding hydrogens is 388 g/mol. The Balaban J connectivity index is 1.64. The molecule has 1 atom stereocenters. The van der Waals surface area contributed by atoms with Crippen LogP contribution in [0.5, 0.6) is 5.75 Å². The Kier molecular flexibility index (Phi) is 6.72. The number of hydrogen-bond acceptors (Lipinski definition) is 5. The lowest BCUT2D eigenvalue weighted by atomic mass is 10.2. The summed E-state index contributed by atoms with van der Waals surface area (Å²) < 4.78 is 5.74. The van der Waals surface area contributed by atoms with E-state index in [1.807, 2.05) is 37.3 Å². The van der Waals surface area contributed by atoms with Crippen LogP contribution in [0.1, 0.15) is 25.8 Å². The van der Waals surface area contributed by atoms with Crippen LogP contribution in [0.3, 0.4) is 0 Å². The van der Waals surface area contributed by atoms with E-state index >= 15 is 0 Å². The van der Waals surface area contributed by atoms with E-state index < -0.39 is 17.1 Å². The molecule has 1 N–H and O–H groups in total. The standard InChI is InChI=1S/C22H22N2O4S/c1-3-15(2)28-18-11-9-16(10-12-18)13-19-21(26)24(22(27)29-19)14-20(25)23-17-7-5-4-6-8-17/h4-13,15H,3,14H2,1-2H3,(H,23,25)/b19-13+/t15-/m0/s1. The van der Waals surface area contributed by atoms with Crippen molar-refractivity contribution in [1.82, 2.24) is 4.90 Å². The van der Waals surface area contributed by atoms with Crippen LogP contribution in [-0.2, 0) is 9.59 Å². The average molecular weight is 410 g/mol. The van der Waals surface area contributed by atoms with E-state index in [4.69, 9.17) is 4.74 Å². The number of imide groups is 1. The van der Waals surface area contributed by atoms with Crippen molar-refractivity contribution < 1.29 is 19.1 Å². The molecule has 3 rings (SSSR count). The van der Waals surface area contributed by atoms with Crippen LogP contribution in [-0.4, -0.2) is 34.6 Å². The second kappa shape index (κ2) is 9.43. The van der Waals surface area contributed by atoms with Gasteiger partial charge in [0, 0.05) is 5.69 Å². The fraction of sp³-hybridized carbons (Fsp3) is 0.227. The topological polar surface area (TPSA) is 75.7 Å². The van der Waals surface area contributed by atoms with Crippen LogP contribution < -0.4 is 10.1 Å². The lowest BCUT2D eigenvalue weighted by molar-refractivity contribution is -0.127. The summed E-state index contributed by atoms with van der Waals surface area (Å²) in [5.74, 6) is -0.142. The predicted molar refractivity (Wildman–Crippen MR) is 115 cm³/mol. The fourth-order valence-corrected chi connectivity index (χ4v) is 3.45. The van der Waals surface area contributed by atoms with Gasteiger partial charge in [0.2, 0.25) is 5.91 Å². The highest BCUT2D eigenvalue weighted by atomic mass is 32.2. The van der Waals surface area contributed by atoms with Crippen molar-refractivity contribution in [3.8, 4) is 5.75 Å². The lowest BCUT2D eigenvalue weighted by Gasteiger charge is -2.12. The van der Waals surface area contributed by atoms with Gasteiger partial charge in [0.25, 0.3) is 11.1 Å². The van der Waals surface area contributed by atoms with Crippen molar-refractivity contribution in [1.29, 1.82) is 0 Å². The largest absolute Gasteiger partial charge is 0.491 e. The van der Waals surface area contributed by atoms with Crippen LogP contribution in [0.25, 0.3) is 6.08 Å². The predicted octanol–water partition coefficient (Wildman–Crippen LogP) is 4.54. The highest BCUT2D eigenvalue weighted by Crippen LogP contribution is 2.32. The van der Waals surface area contributed by atoms with Crippen LogP contribution in [0, 0.1) is 0 Å². The number of rotatable bonds is 7. The molecule has 1 aliphatic heterocycles. The van der Waals surface area contributed by atoms with E-state index in [1.54, 1.807) is 30.3 Å². The number of amides is 3. The molecule has 1 heterocycles. The maximum atomic E-state index is 12.6. The first-order chi connectivity index (χ1) is 14.0. The third-order valence-corrected chi connectivity index (χ3v) is 5.23. The number of nitrogens with one attached hydrogen (secondary N) is 1. The summed E-state index contributed by atoms with van der Waals surface area (Å²) in [5.41, 5.74) is 1.39. The summed E-state index contributed by atoms with van der Waals surface area (Å²) in [4.78, 5) is 38.2. The molecule has 29 heavy (non-hydrogen) atoms. The second-order valence-corrected chi connectivity index (χ2v) is 7.58. The first kappa shape index (κ1) is 20.7. The lowest BCUT2D eigenvalue weighted by Crippen LogP contribution is -2.36. The number of anilines is 1. The number of para-hydroxylation sites is 1. The smallest absolute Gasteiger partial charge is 0.294 e. The van der Waals surface area contributed by atoms with Crippen LogP contribution in [0.4, 0.5) is 10.5 Å². The van der Waals surface area contributed by atoms with Gasteiger partial charge in [-0.15, -0.1) is 0 Å². The number of nitrogens with zero attached hydrogens (tertiary/aromatic N) is 1. The summed E-state index contributed by atoms with van der Waals surface area (Å²) >= 11 is 0.831. The molecule has 0 radical (unpaired) electrons. The van der Waals surface area contributed by atoms with Gasteiger partial charge in [-0.05, 0) is 61.0 Å². The zero-order chi connectivity index (χ0) is 20.8. The van der Waals surface area contributed by atoms with Crippen molar-refractivity contribution in [2.75, 3.05) is 11.9 Å². The van der Waals surface area contributed by atoms with E-state index in [1.165, 1.54) is 0 Å². The van der Waals surface area contributed by atoms with Crippen molar-refractivity contribution in [3.05, 3.63) is 65.1 Å². The molecule has 0 unspecified atom stereocenters. The number of benzene rings is 2. The molecule has 2 aromatic carbocycles. The van der Waals surface area contributed by atoms with E-state index in [2.05, 4.69) is 12.2 Å². The van der Waals surface area contributed by atoms with Gasteiger partial charge >= 0.3 is 0 Å². The van der Waals surface area contributed by atoms with Gasteiger partial charge in [-0.1, -0.05) is 37.3 Å². The minimum atomic E-state index is -0.469. The Morgan fingerprint density at radius 2 is 1.83 bits per heavy atom. The molecule has 0 saturated carbocycles. The zero-order valence-electron chi connectivity index (χ0n) is 16.3. The van der Waals surface area contributed by atoms with E-state index in [9.17, 15) is 14.4 Å². The Bertz CT molecular complexity index is 926. The molecule has 0 bridgehead atoms. The van der Waals surface area contributed by atoms with Crippen LogP contribution in [0.15, 0.2) is 59.5 Å². The number of carbonyl (C=O) groups is 3. The Hall–Kier alpha value is -3.06. The van der Waals surface area contributed by atoms with E-state index in [-0.39, 0.29) is 17.6 Å².